The van der Waals surface area contributed by atoms with Crippen molar-refractivity contribution in [1.29, 1.82) is 0 Å². The minimum Gasteiger partial charge on any atom is -0.496 e. The van der Waals surface area contributed by atoms with Crippen LogP contribution in [0.15, 0.2) is 22.9 Å². The molecule has 1 atom stereocenters. The van der Waals surface area contributed by atoms with Crippen molar-refractivity contribution < 1.29 is 19.1 Å². The van der Waals surface area contributed by atoms with E-state index < -0.39 is 0 Å². The molecule has 0 spiro atoms. The lowest BCUT2D eigenvalue weighted by Crippen LogP contribution is -2.46. The van der Waals surface area contributed by atoms with Gasteiger partial charge in [0.05, 0.1) is 24.0 Å². The molecule has 0 radical (unpaired) electrons. The Balaban J connectivity index is 1.66. The topological polar surface area (TPSA) is 59.1 Å². The molecule has 29 heavy (non-hydrogen) atoms. The molecular formula is C21H28N2O4S2. The average Bonchev–Trinajstić information content (AvgIpc) is 3.40. The molecule has 6 nitrogen and oxygen atoms in total. The predicted molar refractivity (Wildman–Crippen MR) is 117 cm³/mol. The number of thiophene rings is 2. The molecule has 1 saturated heterocycles. The maximum Gasteiger partial charge on any atom is 0.264 e. The third-order valence-corrected chi connectivity index (χ3v) is 6.98. The Morgan fingerprint density at radius 1 is 1.14 bits per heavy atom. The van der Waals surface area contributed by atoms with Crippen LogP contribution in [-0.2, 0) is 0 Å². The number of carbonyl (C=O) groups is 2. The van der Waals surface area contributed by atoms with Crippen molar-refractivity contribution in [1.82, 2.24) is 9.80 Å². The zero-order valence-corrected chi connectivity index (χ0v) is 19.0. The molecule has 0 N–H and O–H groups in total. The van der Waals surface area contributed by atoms with Crippen LogP contribution >= 0.6 is 22.7 Å². The Morgan fingerprint density at radius 3 is 2.34 bits per heavy atom. The number of nitrogens with zero attached hydrogens (tertiary/aromatic N) is 2. The van der Waals surface area contributed by atoms with E-state index in [1.807, 2.05) is 34.4 Å². The second kappa shape index (κ2) is 9.63. The highest BCUT2D eigenvalue weighted by atomic mass is 32.1. The number of carbonyl (C=O) groups excluding carboxylic acids is 2. The van der Waals surface area contributed by atoms with Crippen molar-refractivity contribution in [2.45, 2.75) is 32.7 Å². The molecule has 0 saturated carbocycles. The van der Waals surface area contributed by atoms with E-state index in [-0.39, 0.29) is 23.8 Å². The smallest absolute Gasteiger partial charge is 0.264 e. The normalized spacial score (nSPS) is 16.7. The second-order valence-corrected chi connectivity index (χ2v) is 9.33. The third kappa shape index (κ3) is 5.11. The van der Waals surface area contributed by atoms with Crippen LogP contribution in [0, 0.1) is 5.92 Å². The molecule has 0 aliphatic carbocycles. The number of amides is 2. The summed E-state index contributed by atoms with van der Waals surface area (Å²) in [4.78, 5) is 31.1. The van der Waals surface area contributed by atoms with Gasteiger partial charge in [0.15, 0.2) is 0 Å². The molecule has 0 aromatic carbocycles. The first kappa shape index (κ1) is 21.6. The highest BCUT2D eigenvalue weighted by Gasteiger charge is 2.29. The van der Waals surface area contributed by atoms with E-state index in [1.54, 1.807) is 26.4 Å². The number of ether oxygens (including phenoxy) is 2. The number of methoxy groups -OCH3 is 2. The van der Waals surface area contributed by atoms with Crippen LogP contribution in [0.3, 0.4) is 0 Å². The van der Waals surface area contributed by atoms with Gasteiger partial charge >= 0.3 is 0 Å². The van der Waals surface area contributed by atoms with Gasteiger partial charge in [0.1, 0.15) is 11.5 Å². The second-order valence-electron chi connectivity index (χ2n) is 7.51. The molecule has 2 aromatic heterocycles. The minimum atomic E-state index is 0.0275. The molecule has 3 rings (SSSR count). The molecule has 0 bridgehead atoms. The maximum atomic E-state index is 13.0. The molecule has 2 amide bonds. The van der Waals surface area contributed by atoms with Gasteiger partial charge in [0.25, 0.3) is 11.8 Å². The number of likely N-dealkylation sites (tertiary alicyclic amines) is 1. The van der Waals surface area contributed by atoms with Gasteiger partial charge in [-0.15, -0.1) is 22.7 Å². The predicted octanol–water partition coefficient (Wildman–Crippen LogP) is 4.23. The number of hydrogen-bond donors (Lipinski definition) is 0. The van der Waals surface area contributed by atoms with E-state index >= 15 is 0 Å². The Labute approximate surface area is 180 Å². The fourth-order valence-corrected chi connectivity index (χ4v) is 5.21. The Morgan fingerprint density at radius 2 is 1.76 bits per heavy atom. The first-order valence-electron chi connectivity index (χ1n) is 9.78. The summed E-state index contributed by atoms with van der Waals surface area (Å²) in [5, 5.41) is 3.70. The fraction of sp³-hybridized carbons (Fsp3) is 0.524. The maximum absolute atomic E-state index is 13.0. The molecular weight excluding hydrogens is 408 g/mol. The zero-order valence-electron chi connectivity index (χ0n) is 17.3. The quantitative estimate of drug-likeness (QED) is 0.652. The van der Waals surface area contributed by atoms with Crippen molar-refractivity contribution in [3.05, 3.63) is 32.6 Å². The molecule has 1 fully saturated rings. The van der Waals surface area contributed by atoms with Gasteiger partial charge in [-0.25, -0.2) is 0 Å². The Hall–Kier alpha value is -2.06. The Bertz CT molecular complexity index is 845. The van der Waals surface area contributed by atoms with Crippen LogP contribution in [0.2, 0.25) is 0 Å². The summed E-state index contributed by atoms with van der Waals surface area (Å²) in [5.41, 5.74) is 0. The first-order chi connectivity index (χ1) is 13.9. The standard InChI is InChI=1S/C21H28N2O4S2/c1-14(2)23(21(25)19-9-17(27-4)13-29-19)11-15-6-5-7-22(10-15)20(24)18-8-16(26-3)12-28-18/h8-9,12-15H,5-7,10-11H2,1-4H3/t15-/m0/s1. The molecule has 1 aliphatic heterocycles. The van der Waals surface area contributed by atoms with E-state index in [9.17, 15) is 9.59 Å². The van der Waals surface area contributed by atoms with E-state index in [0.29, 0.717) is 28.6 Å². The summed E-state index contributed by atoms with van der Waals surface area (Å²) < 4.78 is 10.4. The molecule has 1 aliphatic rings. The molecule has 2 aromatic rings. The number of rotatable bonds is 7. The van der Waals surface area contributed by atoms with Crippen molar-refractivity contribution in [3.8, 4) is 11.5 Å². The first-order valence-corrected chi connectivity index (χ1v) is 11.5. The average molecular weight is 437 g/mol. The highest BCUT2D eigenvalue weighted by Crippen LogP contribution is 2.27. The molecule has 0 unspecified atom stereocenters. The van der Waals surface area contributed by atoms with E-state index in [1.165, 1.54) is 22.7 Å². The zero-order chi connectivity index (χ0) is 21.0. The largest absolute Gasteiger partial charge is 0.496 e. The van der Waals surface area contributed by atoms with Crippen molar-refractivity contribution >= 4 is 34.5 Å². The SMILES string of the molecule is COc1csc(C(=O)N2CCC[C@H](CN(C(=O)c3cc(OC)cs3)C(C)C)C2)c1. The summed E-state index contributed by atoms with van der Waals surface area (Å²) in [5.74, 6) is 1.77. The monoisotopic (exact) mass is 436 g/mol. The van der Waals surface area contributed by atoms with Crippen LogP contribution in [0.1, 0.15) is 46.0 Å². The lowest BCUT2D eigenvalue weighted by atomic mass is 9.96. The summed E-state index contributed by atoms with van der Waals surface area (Å²) >= 11 is 2.82. The van der Waals surface area contributed by atoms with Gasteiger partial charge in [-0.2, -0.15) is 0 Å². The van der Waals surface area contributed by atoms with Gasteiger partial charge in [-0.1, -0.05) is 0 Å². The van der Waals surface area contributed by atoms with E-state index in [2.05, 4.69) is 0 Å². The van der Waals surface area contributed by atoms with Gasteiger partial charge in [-0.05, 0) is 32.6 Å². The third-order valence-electron chi connectivity index (χ3n) is 5.19. The number of piperidine rings is 1. The molecule has 8 heteroatoms. The van der Waals surface area contributed by atoms with Crippen molar-refractivity contribution in [3.63, 3.8) is 0 Å². The lowest BCUT2D eigenvalue weighted by Gasteiger charge is -2.37. The van der Waals surface area contributed by atoms with E-state index in [4.69, 9.17) is 9.47 Å². The highest BCUT2D eigenvalue weighted by molar-refractivity contribution is 7.12. The van der Waals surface area contributed by atoms with Crippen LogP contribution in [0.25, 0.3) is 0 Å². The van der Waals surface area contributed by atoms with Gasteiger partial charge in [0.2, 0.25) is 0 Å². The van der Waals surface area contributed by atoms with Crippen LogP contribution in [0.4, 0.5) is 0 Å². The van der Waals surface area contributed by atoms with Crippen LogP contribution in [-0.4, -0.2) is 61.5 Å². The van der Waals surface area contributed by atoms with Gasteiger partial charge in [0, 0.05) is 48.6 Å². The molecule has 3 heterocycles. The van der Waals surface area contributed by atoms with Gasteiger partial charge < -0.3 is 19.3 Å². The van der Waals surface area contributed by atoms with Crippen LogP contribution in [0.5, 0.6) is 11.5 Å². The fourth-order valence-electron chi connectivity index (χ4n) is 3.58. The number of hydrogen-bond acceptors (Lipinski definition) is 6. The van der Waals surface area contributed by atoms with Crippen molar-refractivity contribution in [2.75, 3.05) is 33.9 Å². The Kier molecular flexibility index (Phi) is 7.18. The summed E-state index contributed by atoms with van der Waals surface area (Å²) in [6.07, 6.45) is 1.97. The minimum absolute atomic E-state index is 0.0275. The van der Waals surface area contributed by atoms with Crippen LogP contribution < -0.4 is 9.47 Å². The molecule has 158 valence electrons. The summed E-state index contributed by atoms with van der Waals surface area (Å²) in [6.45, 7) is 6.14. The lowest BCUT2D eigenvalue weighted by molar-refractivity contribution is 0.0560. The van der Waals surface area contributed by atoms with Gasteiger partial charge in [-0.3, -0.25) is 9.59 Å². The van der Waals surface area contributed by atoms with E-state index in [0.717, 1.165) is 25.1 Å². The van der Waals surface area contributed by atoms with Crippen molar-refractivity contribution in [2.24, 2.45) is 5.92 Å². The summed E-state index contributed by atoms with van der Waals surface area (Å²) in [7, 11) is 3.21. The summed E-state index contributed by atoms with van der Waals surface area (Å²) in [6, 6.07) is 3.68.